The van der Waals surface area contributed by atoms with Gasteiger partial charge in [0.05, 0.1) is 6.61 Å². The van der Waals surface area contributed by atoms with Gasteiger partial charge in [0.15, 0.2) is 0 Å². The van der Waals surface area contributed by atoms with Crippen molar-refractivity contribution >= 4 is 0 Å². The summed E-state index contributed by atoms with van der Waals surface area (Å²) in [5.74, 6) is 0. The normalized spacial score (nSPS) is 13.3. The van der Waals surface area contributed by atoms with Crippen molar-refractivity contribution in [2.75, 3.05) is 26.2 Å². The molecule has 2 rings (SSSR count). The van der Waals surface area contributed by atoms with Gasteiger partial charge in [0.2, 0.25) is 0 Å². The van der Waals surface area contributed by atoms with E-state index in [-0.39, 0.29) is 6.61 Å². The largest absolute Gasteiger partial charge is 0.395 e. The third kappa shape index (κ3) is 13.2. The van der Waals surface area contributed by atoms with Crippen molar-refractivity contribution in [3.8, 4) is 0 Å². The van der Waals surface area contributed by atoms with Crippen LogP contribution in [-0.4, -0.2) is 58.9 Å². The molecule has 4 N–H and O–H groups in total. The van der Waals surface area contributed by atoms with Gasteiger partial charge < -0.3 is 15.3 Å². The lowest BCUT2D eigenvalue weighted by atomic mass is 10.1. The fourth-order valence-corrected chi connectivity index (χ4v) is 4.35. The first kappa shape index (κ1) is 28.5. The molecule has 2 aromatic rings. The average Bonchev–Trinajstić information content (AvgIpc) is 2.85. The van der Waals surface area contributed by atoms with Gasteiger partial charge in [-0.3, -0.25) is 10.2 Å². The van der Waals surface area contributed by atoms with Crippen LogP contribution in [0, 0.1) is 0 Å². The first-order valence-corrected chi connectivity index (χ1v) is 13.2. The summed E-state index contributed by atoms with van der Waals surface area (Å²) in [6.07, 6.45) is 11.1. The van der Waals surface area contributed by atoms with E-state index in [4.69, 9.17) is 0 Å². The first-order valence-electron chi connectivity index (χ1n) is 13.2. The molecule has 0 fully saturated rings. The highest BCUT2D eigenvalue weighted by molar-refractivity contribution is 5.16. The molecule has 0 aliphatic rings. The Morgan fingerprint density at radius 1 is 0.618 bits per heavy atom. The molecule has 5 nitrogen and oxygen atoms in total. The van der Waals surface area contributed by atoms with Crippen molar-refractivity contribution < 1.29 is 15.3 Å². The Morgan fingerprint density at radius 3 is 1.68 bits per heavy atom. The van der Waals surface area contributed by atoms with E-state index in [2.05, 4.69) is 5.32 Å². The van der Waals surface area contributed by atoms with Crippen molar-refractivity contribution in [3.63, 3.8) is 0 Å². The van der Waals surface area contributed by atoms with Crippen LogP contribution >= 0.6 is 0 Å². The van der Waals surface area contributed by atoms with E-state index in [1.165, 1.54) is 44.9 Å². The molecular formula is C29H46N2O3. The summed E-state index contributed by atoms with van der Waals surface area (Å²) in [5.41, 5.74) is 2.28. The maximum atomic E-state index is 10.5. The quantitative estimate of drug-likeness (QED) is 0.169. The van der Waals surface area contributed by atoms with Crippen LogP contribution in [0.4, 0.5) is 0 Å². The zero-order valence-corrected chi connectivity index (χ0v) is 20.8. The topological polar surface area (TPSA) is 76.0 Å². The summed E-state index contributed by atoms with van der Waals surface area (Å²) in [6.45, 7) is 2.30. The molecule has 0 aliphatic heterocycles. The number of nitrogens with one attached hydrogen (secondary N) is 1. The van der Waals surface area contributed by atoms with Crippen LogP contribution < -0.4 is 5.32 Å². The Morgan fingerprint density at radius 2 is 1.12 bits per heavy atom. The molecule has 34 heavy (non-hydrogen) atoms. The minimum Gasteiger partial charge on any atom is -0.395 e. The number of rotatable bonds is 20. The molecule has 2 unspecified atom stereocenters. The van der Waals surface area contributed by atoms with Crippen LogP contribution in [0.15, 0.2) is 60.7 Å². The Labute approximate surface area is 206 Å². The fourth-order valence-electron chi connectivity index (χ4n) is 4.35. The summed E-state index contributed by atoms with van der Waals surface area (Å²) < 4.78 is 0. The molecule has 0 aliphatic carbocycles. The second-order valence-electron chi connectivity index (χ2n) is 9.27. The van der Waals surface area contributed by atoms with E-state index >= 15 is 0 Å². The Bertz CT molecular complexity index is 714. The van der Waals surface area contributed by atoms with E-state index < -0.39 is 12.5 Å². The molecule has 0 radical (unpaired) electrons. The fraction of sp³-hybridized carbons (Fsp3) is 0.586. The van der Waals surface area contributed by atoms with Crippen molar-refractivity contribution in [3.05, 3.63) is 71.8 Å². The zero-order valence-electron chi connectivity index (χ0n) is 20.8. The molecule has 190 valence electrons. The Hall–Kier alpha value is -1.76. The summed E-state index contributed by atoms with van der Waals surface area (Å²) in [6, 6.07) is 20.1. The van der Waals surface area contributed by atoms with Crippen LogP contribution in [-0.2, 0) is 12.8 Å². The standard InChI is InChI=1S/C29H46N2O3/c32-23-22-31(29(34)25-27-18-12-9-13-19-27)21-15-7-5-3-1-2-4-6-14-20-30-28(33)24-26-16-10-8-11-17-26/h8-13,16-19,28-30,32-34H,1-7,14-15,20-25H2. The van der Waals surface area contributed by atoms with Gasteiger partial charge in [-0.2, -0.15) is 0 Å². The highest BCUT2D eigenvalue weighted by atomic mass is 16.3. The van der Waals surface area contributed by atoms with E-state index in [1.54, 1.807) is 0 Å². The molecular weight excluding hydrogens is 424 g/mol. The van der Waals surface area contributed by atoms with Gasteiger partial charge in [0, 0.05) is 25.9 Å². The van der Waals surface area contributed by atoms with Gasteiger partial charge in [0.25, 0.3) is 0 Å². The number of nitrogens with zero attached hydrogens (tertiary/aromatic N) is 1. The molecule has 2 aromatic carbocycles. The van der Waals surface area contributed by atoms with E-state index in [1.807, 2.05) is 65.6 Å². The first-order chi connectivity index (χ1) is 16.7. The third-order valence-electron chi connectivity index (χ3n) is 6.34. The molecule has 2 atom stereocenters. The second kappa shape index (κ2) is 18.6. The number of benzene rings is 2. The number of aliphatic hydroxyl groups excluding tert-OH is 3. The Kier molecular flexibility index (Phi) is 15.5. The highest BCUT2D eigenvalue weighted by Crippen LogP contribution is 2.12. The van der Waals surface area contributed by atoms with Crippen LogP contribution in [0.3, 0.4) is 0 Å². The van der Waals surface area contributed by atoms with Crippen LogP contribution in [0.1, 0.15) is 68.9 Å². The number of aliphatic hydroxyl groups is 3. The van der Waals surface area contributed by atoms with E-state index in [9.17, 15) is 15.3 Å². The van der Waals surface area contributed by atoms with Crippen molar-refractivity contribution in [1.29, 1.82) is 0 Å². The molecule has 0 saturated heterocycles. The minimum atomic E-state index is -0.538. The minimum absolute atomic E-state index is 0.0767. The number of unbranched alkanes of at least 4 members (excludes halogenated alkanes) is 8. The molecule has 0 amide bonds. The van der Waals surface area contributed by atoms with Gasteiger partial charge >= 0.3 is 0 Å². The molecule has 5 heteroatoms. The SMILES string of the molecule is OCCN(CCCCCCCCCCCNC(O)Cc1ccccc1)C(O)Cc1ccccc1. The van der Waals surface area contributed by atoms with Gasteiger partial charge in [-0.05, 0) is 30.5 Å². The predicted octanol–water partition coefficient (Wildman–Crippen LogP) is 4.50. The molecule has 0 bridgehead atoms. The smallest absolute Gasteiger partial charge is 0.111 e. The average molecular weight is 471 g/mol. The van der Waals surface area contributed by atoms with Gasteiger partial charge in [0.1, 0.15) is 12.5 Å². The van der Waals surface area contributed by atoms with Crippen molar-refractivity contribution in [2.45, 2.75) is 83.1 Å². The van der Waals surface area contributed by atoms with Crippen molar-refractivity contribution in [1.82, 2.24) is 10.2 Å². The zero-order chi connectivity index (χ0) is 24.3. The monoisotopic (exact) mass is 470 g/mol. The number of hydrogen-bond acceptors (Lipinski definition) is 5. The lowest BCUT2D eigenvalue weighted by Gasteiger charge is -2.27. The predicted molar refractivity (Wildman–Crippen MR) is 141 cm³/mol. The Balaban J connectivity index is 1.41. The number of hydrogen-bond donors (Lipinski definition) is 4. The van der Waals surface area contributed by atoms with Gasteiger partial charge in [-0.1, -0.05) is 106 Å². The maximum Gasteiger partial charge on any atom is 0.111 e. The van der Waals surface area contributed by atoms with Gasteiger partial charge in [-0.15, -0.1) is 0 Å². The van der Waals surface area contributed by atoms with Crippen LogP contribution in [0.5, 0.6) is 0 Å². The maximum absolute atomic E-state index is 10.5. The lowest BCUT2D eigenvalue weighted by molar-refractivity contribution is -0.00587. The summed E-state index contributed by atoms with van der Waals surface area (Å²) in [4.78, 5) is 2.00. The van der Waals surface area contributed by atoms with E-state index in [0.29, 0.717) is 19.4 Å². The second-order valence-corrected chi connectivity index (χ2v) is 9.27. The highest BCUT2D eigenvalue weighted by Gasteiger charge is 2.15. The lowest BCUT2D eigenvalue weighted by Crippen LogP contribution is -2.39. The molecule has 0 heterocycles. The summed E-state index contributed by atoms with van der Waals surface area (Å²) in [7, 11) is 0. The van der Waals surface area contributed by atoms with Crippen LogP contribution in [0.2, 0.25) is 0 Å². The summed E-state index contributed by atoms with van der Waals surface area (Å²) in [5, 5.41) is 33.2. The van der Waals surface area contributed by atoms with Gasteiger partial charge in [-0.25, -0.2) is 0 Å². The van der Waals surface area contributed by atoms with Crippen molar-refractivity contribution in [2.24, 2.45) is 0 Å². The van der Waals surface area contributed by atoms with Crippen LogP contribution in [0.25, 0.3) is 0 Å². The molecule has 0 saturated carbocycles. The van der Waals surface area contributed by atoms with E-state index in [0.717, 1.165) is 37.1 Å². The molecule has 0 spiro atoms. The third-order valence-corrected chi connectivity index (χ3v) is 6.34. The molecule has 0 aromatic heterocycles. The summed E-state index contributed by atoms with van der Waals surface area (Å²) >= 11 is 0.